The second-order valence-corrected chi connectivity index (χ2v) is 9.82. The molecule has 2 aromatic carbocycles. The quantitative estimate of drug-likeness (QED) is 0.525. The third-order valence-corrected chi connectivity index (χ3v) is 5.90. The van der Waals surface area contributed by atoms with E-state index >= 15 is 0 Å². The van der Waals surface area contributed by atoms with E-state index in [4.69, 9.17) is 0 Å². The molecule has 0 saturated carbocycles. The van der Waals surface area contributed by atoms with Gasteiger partial charge in [0.1, 0.15) is 6.04 Å². The van der Waals surface area contributed by atoms with Gasteiger partial charge in [0, 0.05) is 23.9 Å². The van der Waals surface area contributed by atoms with Crippen molar-refractivity contribution >= 4 is 29.3 Å². The van der Waals surface area contributed by atoms with Gasteiger partial charge in [-0.15, -0.1) is 5.10 Å². The minimum absolute atomic E-state index is 0.00533. The molecule has 0 aliphatic heterocycles. The highest BCUT2D eigenvalue weighted by Crippen LogP contribution is 2.22. The van der Waals surface area contributed by atoms with Crippen LogP contribution < -0.4 is 10.6 Å². The zero-order chi connectivity index (χ0) is 24.0. The predicted octanol–water partition coefficient (Wildman–Crippen LogP) is 3.66. The number of nitrogens with zero attached hydrogens (tertiary/aromatic N) is 4. The SMILES string of the molecule is CSCCC(NC(=O)c1ccc(C(C)(C)C)cc1)C(=O)Nc1cccc(-c2nnnn2C)c1. The molecule has 8 nitrogen and oxygen atoms in total. The second-order valence-electron chi connectivity index (χ2n) is 8.83. The summed E-state index contributed by atoms with van der Waals surface area (Å²) in [6.07, 6.45) is 2.49. The Hall–Kier alpha value is -3.20. The fourth-order valence-corrected chi connectivity index (χ4v) is 3.78. The van der Waals surface area contributed by atoms with Crippen LogP contribution in [0.15, 0.2) is 48.5 Å². The van der Waals surface area contributed by atoms with Crippen LogP contribution in [-0.4, -0.2) is 50.1 Å². The summed E-state index contributed by atoms with van der Waals surface area (Å²) < 4.78 is 1.56. The summed E-state index contributed by atoms with van der Waals surface area (Å²) in [5.74, 6) is 0.802. The topological polar surface area (TPSA) is 102 Å². The summed E-state index contributed by atoms with van der Waals surface area (Å²) in [5.41, 5.74) is 3.07. The standard InChI is InChI=1S/C24H30N6O2S/c1-24(2,3)18-11-9-16(10-12-18)22(31)26-20(13-14-33-5)23(32)25-19-8-6-7-17(15-19)21-27-28-29-30(21)4/h6-12,15,20H,13-14H2,1-5H3,(H,25,32)(H,26,31). The van der Waals surface area contributed by atoms with Crippen molar-refractivity contribution in [2.24, 2.45) is 7.05 Å². The average molecular weight is 467 g/mol. The monoisotopic (exact) mass is 466 g/mol. The fraction of sp³-hybridized carbons (Fsp3) is 0.375. The normalized spacial score (nSPS) is 12.3. The lowest BCUT2D eigenvalue weighted by molar-refractivity contribution is -0.118. The molecular formula is C24H30N6O2S. The van der Waals surface area contributed by atoms with E-state index in [-0.39, 0.29) is 17.2 Å². The van der Waals surface area contributed by atoms with Crippen molar-refractivity contribution in [3.63, 3.8) is 0 Å². The lowest BCUT2D eigenvalue weighted by atomic mass is 9.86. The van der Waals surface area contributed by atoms with Gasteiger partial charge in [-0.05, 0) is 64.1 Å². The van der Waals surface area contributed by atoms with Crippen molar-refractivity contribution in [2.45, 2.75) is 38.6 Å². The van der Waals surface area contributed by atoms with Crippen molar-refractivity contribution in [1.29, 1.82) is 0 Å². The summed E-state index contributed by atoms with van der Waals surface area (Å²) >= 11 is 1.63. The molecule has 3 aromatic rings. The van der Waals surface area contributed by atoms with Crippen LogP contribution >= 0.6 is 11.8 Å². The molecule has 1 heterocycles. The van der Waals surface area contributed by atoms with Gasteiger partial charge in [-0.3, -0.25) is 9.59 Å². The van der Waals surface area contributed by atoms with Crippen LogP contribution in [0.1, 0.15) is 43.1 Å². The van der Waals surface area contributed by atoms with E-state index in [2.05, 4.69) is 46.9 Å². The fourth-order valence-electron chi connectivity index (χ4n) is 3.31. The summed E-state index contributed by atoms with van der Waals surface area (Å²) in [5, 5.41) is 17.3. The van der Waals surface area contributed by atoms with Gasteiger partial charge in [0.15, 0.2) is 5.82 Å². The van der Waals surface area contributed by atoms with E-state index in [0.29, 0.717) is 23.5 Å². The largest absolute Gasteiger partial charge is 0.340 e. The molecule has 0 fully saturated rings. The smallest absolute Gasteiger partial charge is 0.251 e. The molecule has 174 valence electrons. The Kier molecular flexibility index (Phi) is 7.86. The van der Waals surface area contributed by atoms with Crippen LogP contribution in [0.25, 0.3) is 11.4 Å². The lowest BCUT2D eigenvalue weighted by Crippen LogP contribution is -2.44. The first kappa shape index (κ1) is 24.4. The number of aromatic nitrogens is 4. The Balaban J connectivity index is 1.72. The number of tetrazole rings is 1. The molecule has 2 amide bonds. The Morgan fingerprint density at radius 3 is 2.45 bits per heavy atom. The molecule has 0 radical (unpaired) electrons. The van der Waals surface area contributed by atoms with E-state index in [1.807, 2.05) is 36.6 Å². The number of hydrogen-bond donors (Lipinski definition) is 2. The van der Waals surface area contributed by atoms with E-state index in [1.54, 1.807) is 41.7 Å². The van der Waals surface area contributed by atoms with Gasteiger partial charge in [-0.2, -0.15) is 11.8 Å². The van der Waals surface area contributed by atoms with E-state index in [9.17, 15) is 9.59 Å². The minimum Gasteiger partial charge on any atom is -0.340 e. The molecule has 0 saturated heterocycles. The highest BCUT2D eigenvalue weighted by atomic mass is 32.2. The molecule has 0 aliphatic carbocycles. The van der Waals surface area contributed by atoms with Gasteiger partial charge in [0.25, 0.3) is 5.91 Å². The Morgan fingerprint density at radius 1 is 1.12 bits per heavy atom. The van der Waals surface area contributed by atoms with Crippen molar-refractivity contribution in [3.8, 4) is 11.4 Å². The number of carbonyl (C=O) groups is 2. The lowest BCUT2D eigenvalue weighted by Gasteiger charge is -2.20. The molecule has 0 aliphatic rings. The van der Waals surface area contributed by atoms with Crippen molar-refractivity contribution < 1.29 is 9.59 Å². The van der Waals surface area contributed by atoms with Crippen LogP contribution in [0.5, 0.6) is 0 Å². The number of thioether (sulfide) groups is 1. The number of rotatable bonds is 8. The number of anilines is 1. The van der Waals surface area contributed by atoms with Gasteiger partial charge in [-0.25, -0.2) is 4.68 Å². The van der Waals surface area contributed by atoms with Crippen molar-refractivity contribution in [3.05, 3.63) is 59.7 Å². The first-order chi connectivity index (χ1) is 15.7. The van der Waals surface area contributed by atoms with E-state index in [1.165, 1.54) is 0 Å². The highest BCUT2D eigenvalue weighted by molar-refractivity contribution is 7.98. The first-order valence-electron chi connectivity index (χ1n) is 10.7. The predicted molar refractivity (Wildman–Crippen MR) is 132 cm³/mol. The summed E-state index contributed by atoms with van der Waals surface area (Å²) in [7, 11) is 1.75. The minimum atomic E-state index is -0.660. The van der Waals surface area contributed by atoms with Crippen LogP contribution in [0.2, 0.25) is 0 Å². The number of hydrogen-bond acceptors (Lipinski definition) is 6. The summed E-state index contributed by atoms with van der Waals surface area (Å²) in [4.78, 5) is 25.9. The molecule has 0 spiro atoms. The molecular weight excluding hydrogens is 436 g/mol. The first-order valence-corrected chi connectivity index (χ1v) is 12.1. The van der Waals surface area contributed by atoms with Gasteiger partial charge in [0.05, 0.1) is 0 Å². The maximum atomic E-state index is 13.1. The molecule has 1 aromatic heterocycles. The van der Waals surface area contributed by atoms with E-state index in [0.717, 1.165) is 16.9 Å². The summed E-state index contributed by atoms with van der Waals surface area (Å²) in [6, 6.07) is 14.2. The van der Waals surface area contributed by atoms with Crippen LogP contribution in [0.4, 0.5) is 5.69 Å². The van der Waals surface area contributed by atoms with Crippen molar-refractivity contribution in [1.82, 2.24) is 25.5 Å². The molecule has 3 rings (SSSR count). The number of aryl methyl sites for hydroxylation is 1. The highest BCUT2D eigenvalue weighted by Gasteiger charge is 2.22. The van der Waals surface area contributed by atoms with Gasteiger partial charge in [0.2, 0.25) is 5.91 Å². The van der Waals surface area contributed by atoms with Crippen LogP contribution in [0, 0.1) is 0 Å². The second kappa shape index (κ2) is 10.6. The number of nitrogens with one attached hydrogen (secondary N) is 2. The molecule has 1 unspecified atom stereocenters. The molecule has 0 bridgehead atoms. The maximum Gasteiger partial charge on any atom is 0.251 e. The Morgan fingerprint density at radius 2 is 1.85 bits per heavy atom. The summed E-state index contributed by atoms with van der Waals surface area (Å²) in [6.45, 7) is 6.38. The van der Waals surface area contributed by atoms with Crippen molar-refractivity contribution in [2.75, 3.05) is 17.3 Å². The van der Waals surface area contributed by atoms with Gasteiger partial charge >= 0.3 is 0 Å². The molecule has 2 N–H and O–H groups in total. The number of carbonyl (C=O) groups excluding carboxylic acids is 2. The number of amides is 2. The zero-order valence-electron chi connectivity index (χ0n) is 19.6. The maximum absolute atomic E-state index is 13.1. The van der Waals surface area contributed by atoms with Crippen LogP contribution in [0.3, 0.4) is 0 Å². The van der Waals surface area contributed by atoms with Crippen LogP contribution in [-0.2, 0) is 17.3 Å². The molecule has 33 heavy (non-hydrogen) atoms. The Bertz CT molecular complexity index is 1100. The van der Waals surface area contributed by atoms with Gasteiger partial charge in [-0.1, -0.05) is 45.0 Å². The third kappa shape index (κ3) is 6.41. The van der Waals surface area contributed by atoms with Gasteiger partial charge < -0.3 is 10.6 Å². The average Bonchev–Trinajstić information content (AvgIpc) is 3.22. The Labute approximate surface area is 198 Å². The van der Waals surface area contributed by atoms with E-state index < -0.39 is 6.04 Å². The number of benzene rings is 2. The third-order valence-electron chi connectivity index (χ3n) is 5.25. The zero-order valence-corrected chi connectivity index (χ0v) is 20.4. The molecule has 1 atom stereocenters. The molecule has 9 heteroatoms.